The van der Waals surface area contributed by atoms with Gasteiger partial charge in [0, 0.05) is 22.7 Å². The molecule has 3 nitrogen and oxygen atoms in total. The summed E-state index contributed by atoms with van der Waals surface area (Å²) in [6.45, 7) is 9.88. The highest BCUT2D eigenvalue weighted by atomic mass is 19.1. The van der Waals surface area contributed by atoms with Crippen molar-refractivity contribution in [2.75, 3.05) is 0 Å². The van der Waals surface area contributed by atoms with Crippen LogP contribution in [0.5, 0.6) is 0 Å². The molecule has 3 rings (SSSR count). The van der Waals surface area contributed by atoms with Gasteiger partial charge in [-0.1, -0.05) is 13.0 Å². The third-order valence-electron chi connectivity index (χ3n) is 4.82. The summed E-state index contributed by atoms with van der Waals surface area (Å²) in [6, 6.07) is 5.14. The number of pyridine rings is 1. The molecule has 0 spiro atoms. The lowest BCUT2D eigenvalue weighted by Crippen LogP contribution is -2.41. The van der Waals surface area contributed by atoms with Crippen molar-refractivity contribution in [1.29, 1.82) is 0 Å². The second-order valence-electron chi connectivity index (χ2n) is 6.76. The first kappa shape index (κ1) is 15.4. The van der Waals surface area contributed by atoms with Crippen molar-refractivity contribution in [2.24, 2.45) is 0 Å². The Labute approximate surface area is 131 Å². The van der Waals surface area contributed by atoms with Crippen LogP contribution in [0.25, 0.3) is 10.8 Å². The summed E-state index contributed by atoms with van der Waals surface area (Å²) in [5.41, 5.74) is 0.324. The van der Waals surface area contributed by atoms with Crippen molar-refractivity contribution in [3.8, 4) is 0 Å². The molecule has 1 aliphatic heterocycles. The van der Waals surface area contributed by atoms with Gasteiger partial charge in [0.05, 0.1) is 11.2 Å². The summed E-state index contributed by atoms with van der Waals surface area (Å²) in [6.07, 6.45) is 2.49. The lowest BCUT2D eigenvalue weighted by molar-refractivity contribution is 0.00578. The van der Waals surface area contributed by atoms with Crippen molar-refractivity contribution >= 4 is 23.4 Å². The third kappa shape index (κ3) is 2.23. The SMILES string of the molecule is CCc1nccc2ccc(F)c(B3OC(C)(C)C(C)(C)O3)c12. The normalized spacial score (nSPS) is 19.8. The van der Waals surface area contributed by atoms with Gasteiger partial charge in [0.25, 0.3) is 0 Å². The number of aromatic nitrogens is 1. The maximum absolute atomic E-state index is 14.6. The van der Waals surface area contributed by atoms with Gasteiger partial charge in [-0.2, -0.15) is 0 Å². The van der Waals surface area contributed by atoms with Crippen LogP contribution in [0, 0.1) is 5.82 Å². The highest BCUT2D eigenvalue weighted by Crippen LogP contribution is 2.37. The van der Waals surface area contributed by atoms with E-state index in [1.807, 2.05) is 40.7 Å². The topological polar surface area (TPSA) is 31.4 Å². The van der Waals surface area contributed by atoms with Crippen LogP contribution in [0.4, 0.5) is 4.39 Å². The van der Waals surface area contributed by atoms with E-state index in [-0.39, 0.29) is 5.82 Å². The van der Waals surface area contributed by atoms with Crippen LogP contribution in [0.3, 0.4) is 0 Å². The summed E-state index contributed by atoms with van der Waals surface area (Å²) in [5, 5.41) is 1.77. The fourth-order valence-electron chi connectivity index (χ4n) is 2.80. The third-order valence-corrected chi connectivity index (χ3v) is 4.82. The summed E-state index contributed by atoms with van der Waals surface area (Å²) >= 11 is 0. The standard InChI is InChI=1S/C17H21BFNO2/c1-6-13-14-11(9-10-20-13)7-8-12(19)15(14)18-21-16(2,3)17(4,5)22-18/h7-10H,6H2,1-5H3. The largest absolute Gasteiger partial charge is 0.498 e. The van der Waals surface area contributed by atoms with Crippen molar-refractivity contribution in [1.82, 2.24) is 4.98 Å². The van der Waals surface area contributed by atoms with Gasteiger partial charge < -0.3 is 9.31 Å². The van der Waals surface area contributed by atoms with E-state index < -0.39 is 18.3 Å². The fourth-order valence-corrected chi connectivity index (χ4v) is 2.80. The minimum atomic E-state index is -0.719. The Morgan fingerprint density at radius 3 is 2.32 bits per heavy atom. The van der Waals surface area contributed by atoms with E-state index in [4.69, 9.17) is 9.31 Å². The van der Waals surface area contributed by atoms with E-state index in [1.54, 1.807) is 12.3 Å². The predicted molar refractivity (Wildman–Crippen MR) is 86.8 cm³/mol. The van der Waals surface area contributed by atoms with E-state index in [0.29, 0.717) is 5.46 Å². The Hall–Kier alpha value is -1.46. The van der Waals surface area contributed by atoms with Crippen molar-refractivity contribution < 1.29 is 13.7 Å². The van der Waals surface area contributed by atoms with E-state index in [1.165, 1.54) is 6.07 Å². The van der Waals surface area contributed by atoms with Crippen molar-refractivity contribution in [3.05, 3.63) is 35.9 Å². The van der Waals surface area contributed by atoms with Crippen LogP contribution in [-0.2, 0) is 15.7 Å². The molecular formula is C17H21BFNO2. The number of benzene rings is 1. The lowest BCUT2D eigenvalue weighted by Gasteiger charge is -2.32. The average molecular weight is 301 g/mol. The molecule has 116 valence electrons. The van der Waals surface area contributed by atoms with Gasteiger partial charge in [-0.3, -0.25) is 4.98 Å². The Morgan fingerprint density at radius 1 is 1.09 bits per heavy atom. The van der Waals surface area contributed by atoms with E-state index in [0.717, 1.165) is 22.9 Å². The molecule has 22 heavy (non-hydrogen) atoms. The van der Waals surface area contributed by atoms with Gasteiger partial charge in [-0.15, -0.1) is 0 Å². The second-order valence-corrected chi connectivity index (χ2v) is 6.76. The second kappa shape index (κ2) is 5.03. The Balaban J connectivity index is 2.21. The zero-order valence-electron chi connectivity index (χ0n) is 13.7. The molecule has 1 fully saturated rings. The quantitative estimate of drug-likeness (QED) is 0.798. The van der Waals surface area contributed by atoms with E-state index in [9.17, 15) is 4.39 Å². The minimum absolute atomic E-state index is 0.311. The zero-order chi connectivity index (χ0) is 16.1. The van der Waals surface area contributed by atoms with Gasteiger partial charge in [0.15, 0.2) is 0 Å². The minimum Gasteiger partial charge on any atom is -0.399 e. The van der Waals surface area contributed by atoms with E-state index in [2.05, 4.69) is 4.98 Å². The molecule has 0 radical (unpaired) electrons. The molecule has 1 aromatic heterocycles. The Bertz CT molecular complexity index is 714. The summed E-state index contributed by atoms with van der Waals surface area (Å²) in [7, 11) is -0.719. The number of hydrogen-bond donors (Lipinski definition) is 0. The molecule has 0 bridgehead atoms. The highest BCUT2D eigenvalue weighted by molar-refractivity contribution is 6.65. The van der Waals surface area contributed by atoms with Gasteiger partial charge in [0.1, 0.15) is 5.82 Å². The van der Waals surface area contributed by atoms with Gasteiger partial charge in [-0.05, 0) is 51.6 Å². The van der Waals surface area contributed by atoms with Gasteiger partial charge in [-0.25, -0.2) is 4.39 Å². The number of aryl methyl sites for hydroxylation is 1. The number of fused-ring (bicyclic) bond motifs is 1. The molecular weight excluding hydrogens is 280 g/mol. The summed E-state index contributed by atoms with van der Waals surface area (Å²) in [4.78, 5) is 4.39. The summed E-state index contributed by atoms with van der Waals surface area (Å²) in [5.74, 6) is -0.311. The summed E-state index contributed by atoms with van der Waals surface area (Å²) < 4.78 is 26.7. The van der Waals surface area contributed by atoms with Crippen LogP contribution in [-0.4, -0.2) is 23.3 Å². The first-order valence-electron chi connectivity index (χ1n) is 7.68. The first-order chi connectivity index (χ1) is 10.3. The number of halogens is 1. The Kier molecular flexibility index (Phi) is 3.53. The molecule has 2 heterocycles. The van der Waals surface area contributed by atoms with Crippen LogP contribution in [0.1, 0.15) is 40.3 Å². The number of hydrogen-bond acceptors (Lipinski definition) is 3. The molecule has 2 aromatic rings. The number of nitrogens with zero attached hydrogens (tertiary/aromatic N) is 1. The van der Waals surface area contributed by atoms with Crippen LogP contribution in [0.2, 0.25) is 0 Å². The molecule has 1 saturated heterocycles. The smallest absolute Gasteiger partial charge is 0.399 e. The molecule has 1 aliphatic rings. The molecule has 5 heteroatoms. The molecule has 0 aliphatic carbocycles. The van der Waals surface area contributed by atoms with Crippen LogP contribution < -0.4 is 5.46 Å². The fraction of sp³-hybridized carbons (Fsp3) is 0.471. The van der Waals surface area contributed by atoms with Crippen molar-refractivity contribution in [3.63, 3.8) is 0 Å². The maximum Gasteiger partial charge on any atom is 0.498 e. The van der Waals surface area contributed by atoms with Gasteiger partial charge in [0.2, 0.25) is 0 Å². The van der Waals surface area contributed by atoms with Crippen molar-refractivity contribution in [2.45, 2.75) is 52.2 Å². The number of rotatable bonds is 2. The highest BCUT2D eigenvalue weighted by Gasteiger charge is 2.53. The maximum atomic E-state index is 14.6. The molecule has 0 saturated carbocycles. The van der Waals surface area contributed by atoms with Crippen LogP contribution in [0.15, 0.2) is 24.4 Å². The van der Waals surface area contributed by atoms with E-state index >= 15 is 0 Å². The molecule has 0 unspecified atom stereocenters. The zero-order valence-corrected chi connectivity index (χ0v) is 13.7. The van der Waals surface area contributed by atoms with Gasteiger partial charge >= 0.3 is 7.12 Å². The van der Waals surface area contributed by atoms with Crippen LogP contribution >= 0.6 is 0 Å². The molecule has 0 atom stereocenters. The Morgan fingerprint density at radius 2 is 1.73 bits per heavy atom. The average Bonchev–Trinajstić information content (AvgIpc) is 2.66. The monoisotopic (exact) mass is 301 g/mol. The molecule has 0 amide bonds. The predicted octanol–water partition coefficient (Wildman–Crippen LogP) is 3.24. The first-order valence-corrected chi connectivity index (χ1v) is 7.68. The molecule has 1 aromatic carbocycles. The molecule has 0 N–H and O–H groups in total. The lowest BCUT2D eigenvalue weighted by atomic mass is 9.75.